The molecule has 7 nitrogen and oxygen atoms in total. The fraction of sp³-hybridized carbons (Fsp3) is 0.429. The highest BCUT2D eigenvalue weighted by molar-refractivity contribution is 6.03. The second kappa shape index (κ2) is 8.57. The van der Waals surface area contributed by atoms with Crippen molar-refractivity contribution in [1.29, 1.82) is 0 Å². The number of carbonyl (C=O) groups is 2. The first kappa shape index (κ1) is 22.9. The molecule has 1 aliphatic carbocycles. The summed E-state index contributed by atoms with van der Waals surface area (Å²) in [4.78, 5) is 25.0. The smallest absolute Gasteiger partial charge is 0.291 e. The van der Waals surface area contributed by atoms with E-state index in [1.54, 1.807) is 30.3 Å². The number of nitrogens with two attached hydrogens (primary N) is 1. The molecule has 3 rings (SSSR count). The van der Waals surface area contributed by atoms with E-state index in [1.165, 1.54) is 6.26 Å². The van der Waals surface area contributed by atoms with Crippen LogP contribution in [0.3, 0.4) is 0 Å². The molecule has 1 heterocycles. The second-order valence-corrected chi connectivity index (χ2v) is 7.76. The van der Waals surface area contributed by atoms with Crippen molar-refractivity contribution < 1.29 is 18.7 Å². The summed E-state index contributed by atoms with van der Waals surface area (Å²) in [7, 11) is 0. The van der Waals surface area contributed by atoms with Crippen LogP contribution in [0.2, 0.25) is 0 Å². The summed E-state index contributed by atoms with van der Waals surface area (Å²) in [6, 6.07) is 8.52. The van der Waals surface area contributed by atoms with Crippen LogP contribution in [0, 0.1) is 12.3 Å². The van der Waals surface area contributed by atoms with E-state index in [-0.39, 0.29) is 36.1 Å². The number of carbonyl (C=O) groups excluding carboxylic acids is 2. The van der Waals surface area contributed by atoms with E-state index < -0.39 is 11.0 Å². The summed E-state index contributed by atoms with van der Waals surface area (Å²) in [5.74, 6) is -0.331. The van der Waals surface area contributed by atoms with Crippen molar-refractivity contribution in [3.05, 3.63) is 47.9 Å². The summed E-state index contributed by atoms with van der Waals surface area (Å²) >= 11 is 0. The van der Waals surface area contributed by atoms with E-state index in [4.69, 9.17) is 14.9 Å². The van der Waals surface area contributed by atoms with Crippen molar-refractivity contribution in [2.75, 3.05) is 17.2 Å². The van der Waals surface area contributed by atoms with Crippen molar-refractivity contribution in [2.45, 2.75) is 45.8 Å². The number of hydrogen-bond acceptors (Lipinski definition) is 5. The van der Waals surface area contributed by atoms with Gasteiger partial charge in [0.15, 0.2) is 5.76 Å². The van der Waals surface area contributed by atoms with Crippen molar-refractivity contribution in [3.8, 4) is 0 Å². The molecule has 158 valence electrons. The molecule has 1 fully saturated rings. The second-order valence-electron chi connectivity index (χ2n) is 7.76. The predicted octanol–water partition coefficient (Wildman–Crippen LogP) is 3.73. The Morgan fingerprint density at radius 2 is 2.00 bits per heavy atom. The fourth-order valence-corrected chi connectivity index (χ4v) is 3.54. The highest BCUT2D eigenvalue weighted by atomic mass is 35.5. The number of benzene rings is 1. The zero-order valence-electron chi connectivity index (χ0n) is 17.1. The number of anilines is 2. The zero-order valence-corrected chi connectivity index (χ0v) is 17.9. The molecule has 8 heteroatoms. The Labute approximate surface area is 176 Å². The average molecular weight is 422 g/mol. The standard InChI is InChI=1S/C21H27N3O4.ClH/c1-5-27-17-12-21(22,20(17,3)4)19(26)23-14-8-9-15(13(2)11-14)24-18(25)16-7-6-10-28-16;/h6-11,17H,5,12,22H2,1-4H3,(H,23,26)(H,24,25);1H. The Hall–Kier alpha value is -2.35. The van der Waals surface area contributed by atoms with Crippen molar-refractivity contribution >= 4 is 35.6 Å². The third kappa shape index (κ3) is 4.17. The number of hydrogen-bond donors (Lipinski definition) is 3. The number of amides is 2. The summed E-state index contributed by atoms with van der Waals surface area (Å²) in [5.41, 5.74) is 7.04. The maximum absolute atomic E-state index is 12.8. The van der Waals surface area contributed by atoms with E-state index in [0.717, 1.165) is 5.56 Å². The van der Waals surface area contributed by atoms with Crippen LogP contribution in [0.5, 0.6) is 0 Å². The van der Waals surface area contributed by atoms with Crippen LogP contribution in [-0.2, 0) is 9.53 Å². The Morgan fingerprint density at radius 3 is 2.55 bits per heavy atom. The monoisotopic (exact) mass is 421 g/mol. The molecular weight excluding hydrogens is 394 g/mol. The number of rotatable bonds is 6. The van der Waals surface area contributed by atoms with Gasteiger partial charge in [-0.05, 0) is 49.7 Å². The number of halogens is 1. The lowest BCUT2D eigenvalue weighted by Gasteiger charge is -2.57. The summed E-state index contributed by atoms with van der Waals surface area (Å²) in [6.07, 6.45) is 1.89. The molecule has 2 amide bonds. The number of nitrogens with one attached hydrogen (secondary N) is 2. The summed E-state index contributed by atoms with van der Waals surface area (Å²) < 4.78 is 10.8. The Balaban J connectivity index is 0.00000300. The van der Waals surface area contributed by atoms with Crippen molar-refractivity contribution in [2.24, 2.45) is 11.1 Å². The SMILES string of the molecule is CCOC1CC(N)(C(=O)Nc2ccc(NC(=O)c3ccco3)c(C)c2)C1(C)C.Cl. The molecule has 1 saturated carbocycles. The van der Waals surface area contributed by atoms with Crippen LogP contribution < -0.4 is 16.4 Å². The van der Waals surface area contributed by atoms with E-state index in [2.05, 4.69) is 10.6 Å². The van der Waals surface area contributed by atoms with Crippen molar-refractivity contribution in [1.82, 2.24) is 0 Å². The molecule has 0 bridgehead atoms. The maximum atomic E-state index is 12.8. The lowest BCUT2D eigenvalue weighted by atomic mass is 9.54. The van der Waals surface area contributed by atoms with Gasteiger partial charge < -0.3 is 25.5 Å². The first-order valence-corrected chi connectivity index (χ1v) is 9.36. The van der Waals surface area contributed by atoms with Crippen LogP contribution in [-0.4, -0.2) is 30.1 Å². The predicted molar refractivity (Wildman–Crippen MR) is 114 cm³/mol. The van der Waals surface area contributed by atoms with Gasteiger partial charge in [-0.3, -0.25) is 9.59 Å². The first-order valence-electron chi connectivity index (χ1n) is 9.36. The van der Waals surface area contributed by atoms with Crippen LogP contribution in [0.15, 0.2) is 41.0 Å². The van der Waals surface area contributed by atoms with Gasteiger partial charge in [-0.25, -0.2) is 0 Å². The number of furan rings is 1. The quantitative estimate of drug-likeness (QED) is 0.658. The Bertz CT molecular complexity index is 882. The summed E-state index contributed by atoms with van der Waals surface area (Å²) in [5, 5.41) is 5.69. The molecule has 0 spiro atoms. The third-order valence-electron chi connectivity index (χ3n) is 5.71. The average Bonchev–Trinajstić information content (AvgIpc) is 3.18. The highest BCUT2D eigenvalue weighted by Gasteiger charge is 2.62. The van der Waals surface area contributed by atoms with E-state index in [9.17, 15) is 9.59 Å². The van der Waals surface area contributed by atoms with Crippen LogP contribution in [0.1, 0.15) is 43.3 Å². The van der Waals surface area contributed by atoms with Gasteiger partial charge in [0.2, 0.25) is 5.91 Å². The number of aryl methyl sites for hydroxylation is 1. The molecule has 1 aromatic heterocycles. The van der Waals surface area contributed by atoms with E-state index in [1.807, 2.05) is 27.7 Å². The molecule has 1 aliphatic rings. The van der Waals surface area contributed by atoms with Crippen LogP contribution >= 0.6 is 12.4 Å². The molecule has 4 N–H and O–H groups in total. The normalized spacial score (nSPS) is 22.2. The molecule has 29 heavy (non-hydrogen) atoms. The topological polar surface area (TPSA) is 107 Å². The number of ether oxygens (including phenoxy) is 1. The minimum atomic E-state index is -0.993. The zero-order chi connectivity index (χ0) is 20.5. The Morgan fingerprint density at radius 1 is 1.28 bits per heavy atom. The highest BCUT2D eigenvalue weighted by Crippen LogP contribution is 2.50. The largest absolute Gasteiger partial charge is 0.459 e. The third-order valence-corrected chi connectivity index (χ3v) is 5.71. The van der Waals surface area contributed by atoms with Gasteiger partial charge in [-0.2, -0.15) is 0 Å². The lowest BCUT2D eigenvalue weighted by molar-refractivity contribution is -0.166. The Kier molecular flexibility index (Phi) is 6.78. The van der Waals surface area contributed by atoms with E-state index in [0.29, 0.717) is 24.4 Å². The molecule has 1 aromatic carbocycles. The van der Waals surface area contributed by atoms with Crippen molar-refractivity contribution in [3.63, 3.8) is 0 Å². The fourth-order valence-electron chi connectivity index (χ4n) is 3.54. The molecule has 0 aliphatic heterocycles. The van der Waals surface area contributed by atoms with Gasteiger partial charge in [0.1, 0.15) is 5.54 Å². The van der Waals surface area contributed by atoms with Crippen LogP contribution in [0.25, 0.3) is 0 Å². The van der Waals surface area contributed by atoms with Gasteiger partial charge in [0.25, 0.3) is 5.91 Å². The maximum Gasteiger partial charge on any atom is 0.291 e. The van der Waals surface area contributed by atoms with Gasteiger partial charge >= 0.3 is 0 Å². The minimum Gasteiger partial charge on any atom is -0.459 e. The van der Waals surface area contributed by atoms with Gasteiger partial charge in [-0.1, -0.05) is 13.8 Å². The minimum absolute atomic E-state index is 0. The summed E-state index contributed by atoms with van der Waals surface area (Å²) in [6.45, 7) is 8.28. The molecule has 0 saturated heterocycles. The molecule has 0 radical (unpaired) electrons. The molecule has 2 unspecified atom stereocenters. The molecular formula is C21H28ClN3O4. The van der Waals surface area contributed by atoms with Gasteiger partial charge in [-0.15, -0.1) is 12.4 Å². The lowest BCUT2D eigenvalue weighted by Crippen LogP contribution is -2.74. The van der Waals surface area contributed by atoms with Gasteiger partial charge in [0.05, 0.1) is 12.4 Å². The first-order chi connectivity index (χ1) is 13.2. The molecule has 2 atom stereocenters. The van der Waals surface area contributed by atoms with Crippen LogP contribution in [0.4, 0.5) is 11.4 Å². The molecule has 2 aromatic rings. The van der Waals surface area contributed by atoms with E-state index >= 15 is 0 Å². The van der Waals surface area contributed by atoms with Gasteiger partial charge in [0, 0.05) is 29.8 Å².